The Kier molecular flexibility index (Phi) is 7.44. The number of rotatable bonds is 1. The van der Waals surface area contributed by atoms with Gasteiger partial charge in [0, 0.05) is 0 Å². The van der Waals surface area contributed by atoms with Gasteiger partial charge in [-0.25, -0.2) is 0 Å². The average molecular weight is 250 g/mol. The normalized spacial score (nSPS) is 7.60. The van der Waals surface area contributed by atoms with Crippen LogP contribution >= 0.6 is 13.6 Å². The topological polar surface area (TPSA) is 0 Å². The van der Waals surface area contributed by atoms with Crippen LogP contribution in [0.3, 0.4) is 0 Å². The van der Waals surface area contributed by atoms with Crippen molar-refractivity contribution in [2.45, 2.75) is 6.92 Å². The quantitative estimate of drug-likeness (QED) is 0.531. The Balaban J connectivity index is 0.000000371. The maximum atomic E-state index is 3.06. The molecule has 0 fully saturated rings. The molecule has 0 aliphatic heterocycles. The Bertz CT molecular complexity index is 151. The summed E-state index contributed by atoms with van der Waals surface area (Å²) in [5, 5.41) is 0. The predicted molar refractivity (Wildman–Crippen MR) is 44.4 cm³/mol. The molecule has 1 aromatic carbocycles. The van der Waals surface area contributed by atoms with Gasteiger partial charge in [-0.3, -0.25) is 0 Å². The Hall–Kier alpha value is 0.193. The SMILES string of the molecule is C[CH-]c1ccccc1.[Zn+][Br]. The molecule has 0 nitrogen and oxygen atoms in total. The van der Waals surface area contributed by atoms with Crippen LogP contribution < -0.4 is 0 Å². The summed E-state index contributed by atoms with van der Waals surface area (Å²) in [6.45, 7) is 2.04. The molecule has 0 bridgehead atoms. The number of benzene rings is 1. The minimum absolute atomic E-state index is 1.19. The fraction of sp³-hybridized carbons (Fsp3) is 0.125. The van der Waals surface area contributed by atoms with Gasteiger partial charge in [0.1, 0.15) is 0 Å². The Morgan fingerprint density at radius 2 is 1.70 bits per heavy atom. The van der Waals surface area contributed by atoms with E-state index in [4.69, 9.17) is 0 Å². The molecule has 0 aromatic heterocycles. The van der Waals surface area contributed by atoms with Crippen LogP contribution in [0.5, 0.6) is 0 Å². The summed E-state index contributed by atoms with van der Waals surface area (Å²) < 4.78 is 0. The third-order valence-electron chi connectivity index (χ3n) is 1.13. The molecule has 2 heteroatoms. The van der Waals surface area contributed by atoms with Crippen LogP contribution in [-0.2, 0) is 16.3 Å². The van der Waals surface area contributed by atoms with Crippen molar-refractivity contribution in [3.63, 3.8) is 0 Å². The van der Waals surface area contributed by atoms with Gasteiger partial charge in [-0.2, -0.15) is 24.1 Å². The molecule has 0 aliphatic carbocycles. The number of hydrogen-bond acceptors (Lipinski definition) is 0. The van der Waals surface area contributed by atoms with E-state index in [-0.39, 0.29) is 0 Å². The van der Waals surface area contributed by atoms with Crippen molar-refractivity contribution in [3.05, 3.63) is 42.3 Å². The second-order valence-electron chi connectivity index (χ2n) is 1.70. The molecule has 1 rings (SSSR count). The summed E-state index contributed by atoms with van der Waals surface area (Å²) in [7, 11) is 0. The molecule has 0 atom stereocenters. The maximum absolute atomic E-state index is 3.06. The predicted octanol–water partition coefficient (Wildman–Crippen LogP) is 3.10. The third-order valence-corrected chi connectivity index (χ3v) is 1.13. The zero-order valence-electron chi connectivity index (χ0n) is 6.05. The molecule has 0 amide bonds. The zero-order valence-corrected chi connectivity index (χ0v) is 10.6. The van der Waals surface area contributed by atoms with Crippen molar-refractivity contribution < 1.29 is 16.3 Å². The van der Waals surface area contributed by atoms with Crippen molar-refractivity contribution in [1.82, 2.24) is 0 Å². The van der Waals surface area contributed by atoms with Crippen molar-refractivity contribution >= 4 is 13.6 Å². The van der Waals surface area contributed by atoms with E-state index in [1.165, 1.54) is 21.9 Å². The van der Waals surface area contributed by atoms with Crippen LogP contribution in [-0.4, -0.2) is 0 Å². The average Bonchev–Trinajstić information content (AvgIpc) is 2.10. The van der Waals surface area contributed by atoms with Gasteiger partial charge in [-0.05, 0) is 0 Å². The van der Waals surface area contributed by atoms with Gasteiger partial charge < -0.3 is 0 Å². The van der Waals surface area contributed by atoms with E-state index in [0.29, 0.717) is 0 Å². The fourth-order valence-electron chi connectivity index (χ4n) is 0.645. The molecule has 0 radical (unpaired) electrons. The van der Waals surface area contributed by atoms with Crippen molar-refractivity contribution in [2.75, 3.05) is 0 Å². The van der Waals surface area contributed by atoms with E-state index in [2.05, 4.69) is 32.2 Å². The van der Waals surface area contributed by atoms with Crippen molar-refractivity contribution in [3.8, 4) is 0 Å². The molecular formula is C8H9BrZn. The van der Waals surface area contributed by atoms with Crippen LogP contribution in [0.1, 0.15) is 12.5 Å². The Morgan fingerprint density at radius 1 is 1.20 bits per heavy atom. The van der Waals surface area contributed by atoms with Crippen LogP contribution in [0.25, 0.3) is 0 Å². The molecule has 0 N–H and O–H groups in total. The molecule has 0 heterocycles. The van der Waals surface area contributed by atoms with E-state index in [1.54, 1.807) is 0 Å². The van der Waals surface area contributed by atoms with E-state index < -0.39 is 0 Å². The van der Waals surface area contributed by atoms with Crippen LogP contribution in [0.4, 0.5) is 0 Å². The molecule has 1 aromatic rings. The fourth-order valence-corrected chi connectivity index (χ4v) is 0.645. The van der Waals surface area contributed by atoms with Gasteiger partial charge in [-0.15, -0.1) is 12.1 Å². The van der Waals surface area contributed by atoms with Gasteiger partial charge >= 0.3 is 30.0 Å². The minimum atomic E-state index is 1.19. The first kappa shape index (κ1) is 10.2. The molecular weight excluding hydrogens is 241 g/mol. The third kappa shape index (κ3) is 4.08. The van der Waals surface area contributed by atoms with E-state index >= 15 is 0 Å². The van der Waals surface area contributed by atoms with Gasteiger partial charge in [0.05, 0.1) is 0 Å². The van der Waals surface area contributed by atoms with Crippen molar-refractivity contribution in [1.29, 1.82) is 0 Å². The summed E-state index contributed by atoms with van der Waals surface area (Å²) in [5.74, 6) is 0. The van der Waals surface area contributed by atoms with Crippen LogP contribution in [0.2, 0.25) is 0 Å². The second kappa shape index (κ2) is 7.30. The second-order valence-corrected chi connectivity index (χ2v) is 1.70. The van der Waals surface area contributed by atoms with Gasteiger partial charge in [0.15, 0.2) is 0 Å². The van der Waals surface area contributed by atoms with Crippen LogP contribution in [0, 0.1) is 6.42 Å². The van der Waals surface area contributed by atoms with Crippen LogP contribution in [0.15, 0.2) is 30.3 Å². The number of hydrogen-bond donors (Lipinski definition) is 0. The standard InChI is InChI=1S/C8H9.BrH.Zn/c1-2-8-6-4-3-5-7-8;;/h2-7H,1H3;1H;/q-1;;+2/p-1. The number of halogens is 1. The summed E-state index contributed by atoms with van der Waals surface area (Å²) in [6, 6.07) is 10.3. The zero-order chi connectivity index (χ0) is 7.82. The van der Waals surface area contributed by atoms with Gasteiger partial charge in [-0.1, -0.05) is 13.0 Å². The monoisotopic (exact) mass is 248 g/mol. The van der Waals surface area contributed by atoms with E-state index in [1.807, 2.05) is 25.1 Å². The first-order chi connectivity index (χ1) is 4.93. The van der Waals surface area contributed by atoms with Gasteiger partial charge in [0.25, 0.3) is 0 Å². The van der Waals surface area contributed by atoms with E-state index in [0.717, 1.165) is 0 Å². The Labute approximate surface area is 79.1 Å². The molecule has 0 unspecified atom stereocenters. The molecule has 10 heavy (non-hydrogen) atoms. The molecule has 0 spiro atoms. The molecule has 0 saturated heterocycles. The summed E-state index contributed by atoms with van der Waals surface area (Å²) >= 11 is 4.25. The molecule has 0 aliphatic rings. The molecule has 50 valence electrons. The first-order valence-corrected chi connectivity index (χ1v) is 9.99. The summed E-state index contributed by atoms with van der Waals surface area (Å²) in [4.78, 5) is 0. The molecule has 0 saturated carbocycles. The summed E-state index contributed by atoms with van der Waals surface area (Å²) in [5.41, 5.74) is 1.28. The van der Waals surface area contributed by atoms with Crippen molar-refractivity contribution in [2.24, 2.45) is 0 Å². The first-order valence-electron chi connectivity index (χ1n) is 3.04. The summed E-state index contributed by atoms with van der Waals surface area (Å²) in [6.07, 6.45) is 2.08. The van der Waals surface area contributed by atoms with Gasteiger partial charge in [0.2, 0.25) is 0 Å². The Morgan fingerprint density at radius 3 is 2.00 bits per heavy atom. The van der Waals surface area contributed by atoms with E-state index in [9.17, 15) is 0 Å².